The summed E-state index contributed by atoms with van der Waals surface area (Å²) in [6.07, 6.45) is -4.55. The first-order valence-electron chi connectivity index (χ1n) is 4.35. The molecule has 0 radical (unpaired) electrons. The second kappa shape index (κ2) is 5.85. The normalized spacial score (nSPS) is 13.8. The summed E-state index contributed by atoms with van der Waals surface area (Å²) in [4.78, 5) is 10.7. The van der Waals surface area contributed by atoms with Crippen LogP contribution in [0.1, 0.15) is 26.2 Å². The summed E-state index contributed by atoms with van der Waals surface area (Å²) in [6.45, 7) is 1.88. The predicted molar refractivity (Wildman–Crippen MR) is 44.5 cm³/mol. The molecule has 0 fully saturated rings. The lowest BCUT2D eigenvalue weighted by molar-refractivity contribution is -0.151. The summed E-state index contributed by atoms with van der Waals surface area (Å²) in [5.41, 5.74) is 4.83. The fourth-order valence-corrected chi connectivity index (χ4v) is 0.863. The van der Waals surface area contributed by atoms with Gasteiger partial charge in [-0.3, -0.25) is 4.79 Å². The van der Waals surface area contributed by atoms with E-state index in [2.05, 4.69) is 4.74 Å². The summed E-state index contributed by atoms with van der Waals surface area (Å²) in [7, 11) is 0. The second-order valence-electron chi connectivity index (χ2n) is 2.85. The highest BCUT2D eigenvalue weighted by atomic mass is 19.4. The molecule has 0 saturated carbocycles. The lowest BCUT2D eigenvalue weighted by Gasteiger charge is -2.14. The number of nitrogens with two attached hydrogens (primary N) is 1. The molecule has 0 unspecified atom stereocenters. The summed E-state index contributed by atoms with van der Waals surface area (Å²) in [5.74, 6) is -0.484. The van der Waals surface area contributed by atoms with Gasteiger partial charge in [0.05, 0.1) is 6.61 Å². The van der Waals surface area contributed by atoms with E-state index in [9.17, 15) is 18.0 Å². The molecule has 0 heterocycles. The fourth-order valence-electron chi connectivity index (χ4n) is 0.863. The molecular formula is C8H14F3NO2. The van der Waals surface area contributed by atoms with Crippen molar-refractivity contribution in [1.29, 1.82) is 0 Å². The highest BCUT2D eigenvalue weighted by molar-refractivity contribution is 5.69. The van der Waals surface area contributed by atoms with Crippen molar-refractivity contribution in [2.75, 3.05) is 6.61 Å². The van der Waals surface area contributed by atoms with Gasteiger partial charge in [-0.2, -0.15) is 13.2 Å². The highest BCUT2D eigenvalue weighted by Gasteiger charge is 2.35. The van der Waals surface area contributed by atoms with Crippen LogP contribution in [0.3, 0.4) is 0 Å². The van der Waals surface area contributed by atoms with Crippen LogP contribution >= 0.6 is 0 Å². The number of rotatable bonds is 5. The minimum atomic E-state index is -4.38. The first-order valence-corrected chi connectivity index (χ1v) is 4.35. The molecule has 0 aromatic rings. The molecule has 0 spiro atoms. The molecule has 2 N–H and O–H groups in total. The lowest BCUT2D eigenvalue weighted by Crippen LogP contribution is -2.37. The van der Waals surface area contributed by atoms with Crippen molar-refractivity contribution < 1.29 is 22.7 Å². The van der Waals surface area contributed by atoms with Gasteiger partial charge in [-0.1, -0.05) is 0 Å². The summed E-state index contributed by atoms with van der Waals surface area (Å²) in [5, 5.41) is 0. The van der Waals surface area contributed by atoms with E-state index in [1.165, 1.54) is 0 Å². The molecular weight excluding hydrogens is 199 g/mol. The van der Waals surface area contributed by atoms with Gasteiger partial charge in [-0.05, 0) is 19.8 Å². The molecule has 3 nitrogen and oxygen atoms in total. The van der Waals surface area contributed by atoms with E-state index in [1.54, 1.807) is 6.92 Å². The Morgan fingerprint density at radius 1 is 1.50 bits per heavy atom. The van der Waals surface area contributed by atoms with Gasteiger partial charge in [0.15, 0.2) is 0 Å². The van der Waals surface area contributed by atoms with Crippen LogP contribution in [0.2, 0.25) is 0 Å². The van der Waals surface area contributed by atoms with Crippen LogP contribution in [0.5, 0.6) is 0 Å². The Morgan fingerprint density at radius 2 is 2.07 bits per heavy atom. The quantitative estimate of drug-likeness (QED) is 0.706. The van der Waals surface area contributed by atoms with Gasteiger partial charge in [0.1, 0.15) is 6.04 Å². The molecule has 0 saturated heterocycles. The zero-order valence-electron chi connectivity index (χ0n) is 7.93. The molecule has 0 aromatic carbocycles. The van der Waals surface area contributed by atoms with E-state index in [0.717, 1.165) is 0 Å². The zero-order chi connectivity index (χ0) is 11.2. The number of halogens is 3. The van der Waals surface area contributed by atoms with Gasteiger partial charge in [0.2, 0.25) is 0 Å². The van der Waals surface area contributed by atoms with Crippen LogP contribution in [-0.2, 0) is 9.53 Å². The number of ether oxygens (including phenoxy) is 1. The minimum Gasteiger partial charge on any atom is -0.466 e. The van der Waals surface area contributed by atoms with Crippen LogP contribution in [0, 0.1) is 0 Å². The number of carbonyl (C=O) groups is 1. The third-order valence-electron chi connectivity index (χ3n) is 1.62. The smallest absolute Gasteiger partial charge is 0.403 e. The van der Waals surface area contributed by atoms with Gasteiger partial charge >= 0.3 is 12.1 Å². The van der Waals surface area contributed by atoms with E-state index in [-0.39, 0.29) is 25.9 Å². The van der Waals surface area contributed by atoms with E-state index in [1.807, 2.05) is 0 Å². The maximum absolute atomic E-state index is 11.9. The Morgan fingerprint density at radius 3 is 2.50 bits per heavy atom. The summed E-state index contributed by atoms with van der Waals surface area (Å²) in [6, 6.07) is -1.85. The first kappa shape index (κ1) is 13.2. The molecule has 0 amide bonds. The van der Waals surface area contributed by atoms with Crippen molar-refractivity contribution in [2.45, 2.75) is 38.4 Å². The zero-order valence-corrected chi connectivity index (χ0v) is 7.93. The molecule has 14 heavy (non-hydrogen) atoms. The number of alkyl halides is 3. The van der Waals surface area contributed by atoms with Crippen LogP contribution in [0.25, 0.3) is 0 Å². The van der Waals surface area contributed by atoms with Crippen LogP contribution < -0.4 is 5.73 Å². The molecule has 0 bridgehead atoms. The third kappa shape index (κ3) is 5.80. The van der Waals surface area contributed by atoms with E-state index < -0.39 is 18.2 Å². The fraction of sp³-hybridized carbons (Fsp3) is 0.875. The maximum Gasteiger partial charge on any atom is 0.403 e. The van der Waals surface area contributed by atoms with E-state index in [4.69, 9.17) is 5.73 Å². The molecule has 84 valence electrons. The summed E-state index contributed by atoms with van der Waals surface area (Å²) >= 11 is 0. The Kier molecular flexibility index (Phi) is 5.52. The molecule has 0 aromatic heterocycles. The molecule has 6 heteroatoms. The van der Waals surface area contributed by atoms with Crippen molar-refractivity contribution >= 4 is 5.97 Å². The molecule has 0 rings (SSSR count). The predicted octanol–water partition coefficient (Wildman–Crippen LogP) is 1.61. The topological polar surface area (TPSA) is 52.3 Å². The van der Waals surface area contributed by atoms with Crippen molar-refractivity contribution in [3.05, 3.63) is 0 Å². The van der Waals surface area contributed by atoms with Gasteiger partial charge < -0.3 is 10.5 Å². The first-order chi connectivity index (χ1) is 6.38. The van der Waals surface area contributed by atoms with Gasteiger partial charge in [0, 0.05) is 6.42 Å². The average molecular weight is 213 g/mol. The molecule has 1 atom stereocenters. The molecule has 0 aliphatic heterocycles. The highest BCUT2D eigenvalue weighted by Crippen LogP contribution is 2.21. The summed E-state index contributed by atoms with van der Waals surface area (Å²) < 4.78 is 40.2. The molecule has 0 aliphatic rings. The standard InChI is InChI=1S/C8H14F3NO2/c1-2-14-7(13)5-3-4-6(12)8(9,10)11/h6H,2-5,12H2,1H3/t6-/m1/s1. The Labute approximate surface area is 80.4 Å². The van der Waals surface area contributed by atoms with Crippen molar-refractivity contribution in [2.24, 2.45) is 5.73 Å². The van der Waals surface area contributed by atoms with Gasteiger partial charge in [-0.15, -0.1) is 0 Å². The third-order valence-corrected chi connectivity index (χ3v) is 1.62. The Hall–Kier alpha value is -0.780. The second-order valence-corrected chi connectivity index (χ2v) is 2.85. The van der Waals surface area contributed by atoms with E-state index >= 15 is 0 Å². The van der Waals surface area contributed by atoms with Gasteiger partial charge in [-0.25, -0.2) is 0 Å². The SMILES string of the molecule is CCOC(=O)CCC[C@@H](N)C(F)(F)F. The van der Waals surface area contributed by atoms with E-state index in [0.29, 0.717) is 0 Å². The Bertz CT molecular complexity index is 182. The van der Waals surface area contributed by atoms with Crippen molar-refractivity contribution in [3.63, 3.8) is 0 Å². The van der Waals surface area contributed by atoms with Crippen LogP contribution in [0.4, 0.5) is 13.2 Å². The number of esters is 1. The average Bonchev–Trinajstić information content (AvgIpc) is 2.02. The Balaban J connectivity index is 3.59. The van der Waals surface area contributed by atoms with Crippen molar-refractivity contribution in [1.82, 2.24) is 0 Å². The number of hydrogen-bond donors (Lipinski definition) is 1. The van der Waals surface area contributed by atoms with Crippen LogP contribution in [0.15, 0.2) is 0 Å². The number of hydrogen-bond acceptors (Lipinski definition) is 3. The molecule has 0 aliphatic carbocycles. The van der Waals surface area contributed by atoms with Crippen molar-refractivity contribution in [3.8, 4) is 0 Å². The largest absolute Gasteiger partial charge is 0.466 e. The van der Waals surface area contributed by atoms with Crippen LogP contribution in [-0.4, -0.2) is 24.8 Å². The maximum atomic E-state index is 11.9. The lowest BCUT2D eigenvalue weighted by atomic mass is 10.1. The monoisotopic (exact) mass is 213 g/mol. The minimum absolute atomic E-state index is 0.0163. The number of carbonyl (C=O) groups excluding carboxylic acids is 1. The van der Waals surface area contributed by atoms with Gasteiger partial charge in [0.25, 0.3) is 0 Å².